The fourth-order valence-electron chi connectivity index (χ4n) is 1.40. The van der Waals surface area contributed by atoms with Gasteiger partial charge in [-0.15, -0.1) is 0 Å². The Bertz CT molecular complexity index is 352. The van der Waals surface area contributed by atoms with Gasteiger partial charge in [0.2, 0.25) is 0 Å². The van der Waals surface area contributed by atoms with Gasteiger partial charge in [0.05, 0.1) is 0 Å². The summed E-state index contributed by atoms with van der Waals surface area (Å²) in [4.78, 5) is 10.3. The first-order valence-corrected chi connectivity index (χ1v) is 5.33. The number of carboxylic acids is 1. The summed E-state index contributed by atoms with van der Waals surface area (Å²) in [6.45, 7) is 0.236. The number of rotatable bonds is 6. The minimum atomic E-state index is -0.938. The average molecular weight is 220 g/mol. The summed E-state index contributed by atoms with van der Waals surface area (Å²) >= 11 is 0. The largest absolute Gasteiger partial charge is 0.478 e. The number of aliphatic hydroxyl groups excluding tert-OH is 1. The number of aryl methyl sites for hydroxylation is 1. The number of hydrogen-bond donors (Lipinski definition) is 2. The zero-order valence-corrected chi connectivity index (χ0v) is 9.10. The minimum absolute atomic E-state index is 0.236. The molecule has 1 aromatic carbocycles. The monoisotopic (exact) mass is 220 g/mol. The second kappa shape index (κ2) is 6.80. The van der Waals surface area contributed by atoms with Crippen molar-refractivity contribution in [3.8, 4) is 0 Å². The minimum Gasteiger partial charge on any atom is -0.478 e. The van der Waals surface area contributed by atoms with Gasteiger partial charge in [0.1, 0.15) is 0 Å². The van der Waals surface area contributed by atoms with Crippen LogP contribution in [0.4, 0.5) is 0 Å². The standard InChI is InChI=1S/C13H16O3/c14-10-2-1-3-11-4-6-12(7-5-11)8-9-13(15)16/h4-9,14H,1-3,10H2,(H,15,16)/b9-8+. The molecule has 0 atom stereocenters. The summed E-state index contributed by atoms with van der Waals surface area (Å²) in [6, 6.07) is 7.76. The highest BCUT2D eigenvalue weighted by molar-refractivity contribution is 5.85. The van der Waals surface area contributed by atoms with Crippen molar-refractivity contribution in [1.29, 1.82) is 0 Å². The van der Waals surface area contributed by atoms with E-state index in [0.29, 0.717) is 0 Å². The number of unbranched alkanes of at least 4 members (excludes halogenated alkanes) is 1. The molecule has 1 aromatic rings. The highest BCUT2D eigenvalue weighted by Crippen LogP contribution is 2.09. The molecule has 0 aromatic heterocycles. The average Bonchev–Trinajstić information content (AvgIpc) is 2.28. The van der Waals surface area contributed by atoms with E-state index in [1.807, 2.05) is 24.3 Å². The van der Waals surface area contributed by atoms with Crippen LogP contribution in [0, 0.1) is 0 Å². The summed E-state index contributed by atoms with van der Waals surface area (Å²) < 4.78 is 0. The lowest BCUT2D eigenvalue weighted by Crippen LogP contribution is -1.89. The fraction of sp³-hybridized carbons (Fsp3) is 0.308. The number of aliphatic carboxylic acids is 1. The molecule has 0 radical (unpaired) electrons. The van der Waals surface area contributed by atoms with Crippen LogP contribution in [0.25, 0.3) is 6.08 Å². The number of carbonyl (C=O) groups is 1. The first-order valence-electron chi connectivity index (χ1n) is 5.33. The second-order valence-corrected chi connectivity index (χ2v) is 3.59. The Hall–Kier alpha value is -1.61. The van der Waals surface area contributed by atoms with Crippen LogP contribution >= 0.6 is 0 Å². The lowest BCUT2D eigenvalue weighted by Gasteiger charge is -2.00. The SMILES string of the molecule is O=C(O)/C=C/c1ccc(CCCCO)cc1. The van der Waals surface area contributed by atoms with E-state index in [4.69, 9.17) is 10.2 Å². The predicted octanol–water partition coefficient (Wildman–Crippen LogP) is 2.10. The van der Waals surface area contributed by atoms with Crippen molar-refractivity contribution in [3.05, 3.63) is 41.5 Å². The van der Waals surface area contributed by atoms with Gasteiger partial charge < -0.3 is 10.2 Å². The van der Waals surface area contributed by atoms with Gasteiger partial charge in [-0.05, 0) is 36.5 Å². The van der Waals surface area contributed by atoms with Crippen LogP contribution < -0.4 is 0 Å². The molecule has 16 heavy (non-hydrogen) atoms. The molecular weight excluding hydrogens is 204 g/mol. The van der Waals surface area contributed by atoms with E-state index < -0.39 is 5.97 Å². The topological polar surface area (TPSA) is 57.5 Å². The Morgan fingerprint density at radius 3 is 2.44 bits per heavy atom. The summed E-state index contributed by atoms with van der Waals surface area (Å²) in [7, 11) is 0. The van der Waals surface area contributed by atoms with Gasteiger partial charge in [0.25, 0.3) is 0 Å². The third-order valence-electron chi connectivity index (χ3n) is 2.27. The first kappa shape index (κ1) is 12.5. The van der Waals surface area contributed by atoms with Crippen molar-refractivity contribution in [3.63, 3.8) is 0 Å². The normalized spacial score (nSPS) is 10.8. The Labute approximate surface area is 95.0 Å². The number of benzene rings is 1. The summed E-state index contributed by atoms with van der Waals surface area (Å²) in [5.74, 6) is -0.938. The van der Waals surface area contributed by atoms with Crippen molar-refractivity contribution >= 4 is 12.0 Å². The highest BCUT2D eigenvalue weighted by Gasteiger charge is 1.94. The van der Waals surface area contributed by atoms with Gasteiger partial charge in [-0.1, -0.05) is 24.3 Å². The maximum absolute atomic E-state index is 10.3. The number of carboxylic acid groups (broad SMARTS) is 1. The van der Waals surface area contributed by atoms with Crippen LogP contribution in [0.15, 0.2) is 30.3 Å². The van der Waals surface area contributed by atoms with Crippen LogP contribution in [0.5, 0.6) is 0 Å². The summed E-state index contributed by atoms with van der Waals surface area (Å²) in [6.07, 6.45) is 5.44. The van der Waals surface area contributed by atoms with Gasteiger partial charge in [0.15, 0.2) is 0 Å². The van der Waals surface area contributed by atoms with E-state index in [0.717, 1.165) is 30.9 Å². The zero-order valence-electron chi connectivity index (χ0n) is 9.10. The molecule has 0 unspecified atom stereocenters. The Morgan fingerprint density at radius 1 is 1.19 bits per heavy atom. The Morgan fingerprint density at radius 2 is 1.88 bits per heavy atom. The molecule has 1 rings (SSSR count). The van der Waals surface area contributed by atoms with Crippen LogP contribution in [-0.2, 0) is 11.2 Å². The third kappa shape index (κ3) is 4.75. The van der Waals surface area contributed by atoms with Crippen molar-refractivity contribution in [2.45, 2.75) is 19.3 Å². The molecular formula is C13H16O3. The van der Waals surface area contributed by atoms with Crippen LogP contribution in [-0.4, -0.2) is 22.8 Å². The van der Waals surface area contributed by atoms with Gasteiger partial charge in [-0.2, -0.15) is 0 Å². The van der Waals surface area contributed by atoms with E-state index in [1.54, 1.807) is 6.08 Å². The van der Waals surface area contributed by atoms with E-state index >= 15 is 0 Å². The van der Waals surface area contributed by atoms with Crippen molar-refractivity contribution in [1.82, 2.24) is 0 Å². The quantitative estimate of drug-likeness (QED) is 0.570. The van der Waals surface area contributed by atoms with Gasteiger partial charge in [0, 0.05) is 12.7 Å². The molecule has 0 aliphatic heterocycles. The molecule has 0 saturated carbocycles. The second-order valence-electron chi connectivity index (χ2n) is 3.59. The lowest BCUT2D eigenvalue weighted by atomic mass is 10.1. The maximum atomic E-state index is 10.3. The van der Waals surface area contributed by atoms with Gasteiger partial charge in [-0.3, -0.25) is 0 Å². The van der Waals surface area contributed by atoms with Crippen LogP contribution in [0.3, 0.4) is 0 Å². The van der Waals surface area contributed by atoms with E-state index in [9.17, 15) is 4.79 Å². The molecule has 0 heterocycles. The Kier molecular flexibility index (Phi) is 5.29. The molecule has 86 valence electrons. The van der Waals surface area contributed by atoms with E-state index in [2.05, 4.69) is 0 Å². The van der Waals surface area contributed by atoms with Gasteiger partial charge >= 0.3 is 5.97 Å². The zero-order chi connectivity index (χ0) is 11.8. The molecule has 3 heteroatoms. The number of hydrogen-bond acceptors (Lipinski definition) is 2. The predicted molar refractivity (Wildman–Crippen MR) is 63.1 cm³/mol. The van der Waals surface area contributed by atoms with Crippen molar-refractivity contribution in [2.75, 3.05) is 6.61 Å². The molecule has 3 nitrogen and oxygen atoms in total. The highest BCUT2D eigenvalue weighted by atomic mass is 16.4. The molecule has 0 fully saturated rings. The number of aliphatic hydroxyl groups is 1. The molecule has 0 bridgehead atoms. The van der Waals surface area contributed by atoms with E-state index in [1.165, 1.54) is 5.56 Å². The molecule has 2 N–H and O–H groups in total. The fourth-order valence-corrected chi connectivity index (χ4v) is 1.40. The van der Waals surface area contributed by atoms with Crippen molar-refractivity contribution < 1.29 is 15.0 Å². The summed E-state index contributed by atoms with van der Waals surface area (Å²) in [5, 5.41) is 17.1. The first-order chi connectivity index (χ1) is 7.72. The Balaban J connectivity index is 2.51. The van der Waals surface area contributed by atoms with Crippen LogP contribution in [0.1, 0.15) is 24.0 Å². The molecule has 0 saturated heterocycles. The summed E-state index contributed by atoms with van der Waals surface area (Å²) in [5.41, 5.74) is 2.09. The van der Waals surface area contributed by atoms with Crippen molar-refractivity contribution in [2.24, 2.45) is 0 Å². The lowest BCUT2D eigenvalue weighted by molar-refractivity contribution is -0.131. The molecule has 0 aliphatic rings. The van der Waals surface area contributed by atoms with E-state index in [-0.39, 0.29) is 6.61 Å². The molecule has 0 aliphatic carbocycles. The maximum Gasteiger partial charge on any atom is 0.328 e. The molecule has 0 amide bonds. The van der Waals surface area contributed by atoms with Crippen LogP contribution in [0.2, 0.25) is 0 Å². The third-order valence-corrected chi connectivity index (χ3v) is 2.27. The smallest absolute Gasteiger partial charge is 0.328 e. The van der Waals surface area contributed by atoms with Gasteiger partial charge in [-0.25, -0.2) is 4.79 Å². The molecule has 0 spiro atoms.